The third-order valence-corrected chi connectivity index (χ3v) is 6.76. The lowest BCUT2D eigenvalue weighted by Crippen LogP contribution is -2.44. The van der Waals surface area contributed by atoms with Crippen LogP contribution in [0.25, 0.3) is 16.7 Å². The van der Waals surface area contributed by atoms with E-state index in [1.165, 1.54) is 10.8 Å². The van der Waals surface area contributed by atoms with Gasteiger partial charge in [-0.25, -0.2) is 27.6 Å². The third-order valence-electron chi connectivity index (χ3n) is 6.76. The fraction of sp³-hybridized carbons (Fsp3) is 0.346. The first-order valence-corrected chi connectivity index (χ1v) is 12.3. The number of hydrogen-bond acceptors (Lipinski definition) is 6. The average molecular weight is 543 g/mol. The number of hydrogen-bond donors (Lipinski definition) is 0. The van der Waals surface area contributed by atoms with Crippen LogP contribution in [0.3, 0.4) is 0 Å². The minimum Gasteiger partial charge on any atom is -0.482 e. The van der Waals surface area contributed by atoms with Crippen LogP contribution >= 0.6 is 0 Å². The van der Waals surface area contributed by atoms with E-state index in [9.17, 15) is 23.2 Å². The summed E-state index contributed by atoms with van der Waals surface area (Å²) >= 11 is 0. The number of ether oxygens (including phenoxy) is 1. The Morgan fingerprint density at radius 3 is 2.51 bits per heavy atom. The average Bonchev–Trinajstić information content (AvgIpc) is 3.50. The molecule has 0 atom stereocenters. The molecule has 1 aliphatic heterocycles. The molecular weight excluding hydrogens is 517 g/mol. The highest BCUT2D eigenvalue weighted by atomic mass is 19.1. The highest BCUT2D eigenvalue weighted by Gasteiger charge is 2.26. The van der Waals surface area contributed by atoms with Crippen molar-refractivity contribution in [3.63, 3.8) is 0 Å². The summed E-state index contributed by atoms with van der Waals surface area (Å²) in [6.45, 7) is -1.72. The molecule has 0 radical (unpaired) electrons. The number of amides is 1. The minimum atomic E-state index is -1.53. The van der Waals surface area contributed by atoms with Crippen LogP contribution in [0.2, 0.25) is 0 Å². The van der Waals surface area contributed by atoms with E-state index < -0.39 is 48.3 Å². The topological polar surface area (TPSA) is 104 Å². The van der Waals surface area contributed by atoms with Crippen molar-refractivity contribution in [1.29, 1.82) is 0 Å². The summed E-state index contributed by atoms with van der Waals surface area (Å²) in [5.41, 5.74) is -0.763. The molecule has 0 unspecified atom stereocenters. The Labute approximate surface area is 219 Å². The molecule has 5 rings (SSSR count). The highest BCUT2D eigenvalue weighted by molar-refractivity contribution is 5.80. The zero-order valence-corrected chi connectivity index (χ0v) is 20.8. The van der Waals surface area contributed by atoms with E-state index in [0.29, 0.717) is 37.3 Å². The monoisotopic (exact) mass is 542 g/mol. The fourth-order valence-electron chi connectivity index (χ4n) is 4.73. The van der Waals surface area contributed by atoms with Gasteiger partial charge in [-0.3, -0.25) is 18.7 Å². The molecule has 13 heteroatoms. The summed E-state index contributed by atoms with van der Waals surface area (Å²) in [6, 6.07) is 6.79. The van der Waals surface area contributed by atoms with Crippen molar-refractivity contribution in [2.75, 3.05) is 26.4 Å². The number of nitrogens with zero attached hydrogens (tertiary/aromatic N) is 6. The molecule has 1 saturated heterocycles. The van der Waals surface area contributed by atoms with Gasteiger partial charge >= 0.3 is 5.69 Å². The largest absolute Gasteiger partial charge is 0.482 e. The number of likely N-dealkylation sites (tertiary alicyclic amines) is 1. The molecule has 1 aliphatic rings. The molecule has 39 heavy (non-hydrogen) atoms. The molecule has 0 aliphatic carbocycles. The van der Waals surface area contributed by atoms with Crippen molar-refractivity contribution in [3.05, 3.63) is 81.1 Å². The first-order chi connectivity index (χ1) is 18.9. The van der Waals surface area contributed by atoms with Crippen LogP contribution in [-0.4, -0.2) is 67.8 Å². The van der Waals surface area contributed by atoms with Gasteiger partial charge in [-0.1, -0.05) is 6.07 Å². The van der Waals surface area contributed by atoms with Gasteiger partial charge in [-0.15, -0.1) is 0 Å². The Morgan fingerprint density at radius 1 is 1.13 bits per heavy atom. The molecule has 4 aromatic rings. The zero-order valence-electron chi connectivity index (χ0n) is 20.8. The van der Waals surface area contributed by atoms with Gasteiger partial charge < -0.3 is 9.64 Å². The number of carbonyl (C=O) groups excluding carboxylic acids is 1. The normalized spacial score (nSPS) is 14.3. The number of carbonyl (C=O) groups is 1. The summed E-state index contributed by atoms with van der Waals surface area (Å²) in [7, 11) is 0. The molecule has 0 N–H and O–H groups in total. The molecule has 3 aromatic heterocycles. The Bertz CT molecular complexity index is 1570. The second-order valence-electron chi connectivity index (χ2n) is 9.24. The van der Waals surface area contributed by atoms with Crippen molar-refractivity contribution in [2.24, 2.45) is 0 Å². The Balaban J connectivity index is 1.61. The summed E-state index contributed by atoms with van der Waals surface area (Å²) in [5.74, 6) is -0.900. The first kappa shape index (κ1) is 26.2. The van der Waals surface area contributed by atoms with Crippen molar-refractivity contribution >= 4 is 17.3 Å². The maximum atomic E-state index is 15.0. The lowest BCUT2D eigenvalue weighted by molar-refractivity contribution is -0.119. The maximum Gasteiger partial charge on any atom is 0.332 e. The smallest absolute Gasteiger partial charge is 0.332 e. The highest BCUT2D eigenvalue weighted by Crippen LogP contribution is 2.28. The lowest BCUT2D eigenvalue weighted by atomic mass is 10.0. The van der Waals surface area contributed by atoms with Gasteiger partial charge in [0.25, 0.3) is 5.56 Å². The predicted molar refractivity (Wildman–Crippen MR) is 135 cm³/mol. The number of halogens is 3. The second-order valence-corrected chi connectivity index (χ2v) is 9.24. The van der Waals surface area contributed by atoms with Crippen LogP contribution in [0.1, 0.15) is 24.4 Å². The van der Waals surface area contributed by atoms with Gasteiger partial charge in [0.05, 0.1) is 17.4 Å². The Kier molecular flexibility index (Phi) is 7.48. The van der Waals surface area contributed by atoms with Gasteiger partial charge in [-0.05, 0) is 36.6 Å². The number of fused-ring (bicyclic) bond motifs is 1. The first-order valence-electron chi connectivity index (χ1n) is 12.3. The molecular formula is C26H25F3N6O4. The van der Waals surface area contributed by atoms with E-state index >= 15 is 4.39 Å². The number of piperidine rings is 1. The van der Waals surface area contributed by atoms with Gasteiger partial charge in [0.2, 0.25) is 6.41 Å². The molecule has 10 nitrogen and oxygen atoms in total. The van der Waals surface area contributed by atoms with Gasteiger partial charge in [0.1, 0.15) is 13.3 Å². The molecule has 0 bridgehead atoms. The van der Waals surface area contributed by atoms with E-state index in [2.05, 4.69) is 10.1 Å². The van der Waals surface area contributed by atoms with Crippen LogP contribution in [0.4, 0.5) is 13.2 Å². The minimum absolute atomic E-state index is 0.0404. The molecule has 4 heterocycles. The van der Waals surface area contributed by atoms with Crippen LogP contribution in [0.15, 0.2) is 58.5 Å². The van der Waals surface area contributed by atoms with Gasteiger partial charge in [-0.2, -0.15) is 5.10 Å². The van der Waals surface area contributed by atoms with E-state index in [-0.39, 0.29) is 17.4 Å². The molecule has 0 spiro atoms. The molecule has 1 aromatic carbocycles. The van der Waals surface area contributed by atoms with Crippen molar-refractivity contribution in [1.82, 2.24) is 28.8 Å². The van der Waals surface area contributed by atoms with E-state index in [0.717, 1.165) is 23.1 Å². The fourth-order valence-corrected chi connectivity index (χ4v) is 4.73. The van der Waals surface area contributed by atoms with Gasteiger partial charge in [0.15, 0.2) is 23.5 Å². The van der Waals surface area contributed by atoms with Crippen LogP contribution in [0.5, 0.6) is 5.75 Å². The second kappa shape index (κ2) is 11.1. The van der Waals surface area contributed by atoms with E-state index in [1.54, 1.807) is 40.2 Å². The van der Waals surface area contributed by atoms with Crippen LogP contribution in [-0.2, 0) is 11.3 Å². The van der Waals surface area contributed by atoms with E-state index in [4.69, 9.17) is 4.74 Å². The zero-order chi connectivity index (χ0) is 27.5. The van der Waals surface area contributed by atoms with Gasteiger partial charge in [0, 0.05) is 43.8 Å². The standard InChI is InChI=1S/C26H25F3N6O4/c27-12-19(13-28)39-23-10-20-22(11-21(23)29)35(18-4-8-32(16-36)9-5-18)26(38)33(25(20)37)15-17-2-3-24(30-14-17)34-7-1-6-31-34/h1-3,6-7,10-11,14,16,18-19H,4-5,8-9,12-13,15H2. The Hall–Kier alpha value is -4.42. The predicted octanol–water partition coefficient (Wildman–Crippen LogP) is 2.41. The Morgan fingerprint density at radius 2 is 1.90 bits per heavy atom. The SMILES string of the molecule is O=CN1CCC(n2c(=O)n(Cc3ccc(-n4cccn4)nc3)c(=O)c3cc(OC(CF)CF)c(F)cc32)CC1. The van der Waals surface area contributed by atoms with E-state index in [1.807, 2.05) is 0 Å². The van der Waals surface area contributed by atoms with Crippen LogP contribution < -0.4 is 16.0 Å². The van der Waals surface area contributed by atoms with Crippen molar-refractivity contribution < 1.29 is 22.7 Å². The molecule has 0 saturated carbocycles. The van der Waals surface area contributed by atoms with Crippen molar-refractivity contribution in [2.45, 2.75) is 31.5 Å². The summed E-state index contributed by atoms with van der Waals surface area (Å²) in [6.07, 6.45) is 4.88. The number of benzene rings is 1. The maximum absolute atomic E-state index is 15.0. The molecule has 1 amide bonds. The summed E-state index contributed by atoms with van der Waals surface area (Å²) in [4.78, 5) is 44.4. The molecule has 1 fully saturated rings. The summed E-state index contributed by atoms with van der Waals surface area (Å²) < 4.78 is 50.2. The third kappa shape index (κ3) is 5.16. The number of rotatable bonds is 9. The number of alkyl halides is 2. The molecule has 204 valence electrons. The summed E-state index contributed by atoms with van der Waals surface area (Å²) in [5, 5.41) is 4.08. The number of pyridine rings is 1. The lowest BCUT2D eigenvalue weighted by Gasteiger charge is -2.31. The number of aromatic nitrogens is 5. The van der Waals surface area contributed by atoms with Crippen molar-refractivity contribution in [3.8, 4) is 11.6 Å². The van der Waals surface area contributed by atoms with Crippen LogP contribution in [0, 0.1) is 5.82 Å². The quantitative estimate of drug-likeness (QED) is 0.301.